The Morgan fingerprint density at radius 2 is 1.77 bits per heavy atom. The molecule has 35 heavy (non-hydrogen) atoms. The quantitative estimate of drug-likeness (QED) is 0.376. The van der Waals surface area contributed by atoms with Gasteiger partial charge in [0, 0.05) is 22.5 Å². The standard InChI is InChI=1S/C26H19ClN4O3.ClH/c27-19-5-3-4-17(12-19)14-30(20-10-8-18(9-11-20)22-13-28-16-29-22)24(32)15-31-23-7-2-1-6-21(23)25(33)26(31)34;/h1-13,16H,14-15H2,(H,28,29);1H. The van der Waals surface area contributed by atoms with E-state index in [0.29, 0.717) is 22.0 Å². The first-order valence-corrected chi connectivity index (χ1v) is 11.0. The van der Waals surface area contributed by atoms with E-state index in [2.05, 4.69) is 9.97 Å². The maximum absolute atomic E-state index is 13.5. The summed E-state index contributed by atoms with van der Waals surface area (Å²) in [5, 5.41) is 0.563. The van der Waals surface area contributed by atoms with E-state index in [1.165, 1.54) is 4.90 Å². The van der Waals surface area contributed by atoms with Gasteiger partial charge in [-0.2, -0.15) is 0 Å². The van der Waals surface area contributed by atoms with E-state index in [1.807, 2.05) is 36.4 Å². The Morgan fingerprint density at radius 1 is 1.00 bits per heavy atom. The number of benzene rings is 3. The van der Waals surface area contributed by atoms with Gasteiger partial charge in [-0.15, -0.1) is 12.4 Å². The number of halogens is 2. The van der Waals surface area contributed by atoms with Crippen LogP contribution in [0.15, 0.2) is 85.3 Å². The zero-order valence-corrected chi connectivity index (χ0v) is 19.9. The molecule has 176 valence electrons. The Labute approximate surface area is 212 Å². The summed E-state index contributed by atoms with van der Waals surface area (Å²) in [4.78, 5) is 48.5. The fourth-order valence-corrected chi connectivity index (χ4v) is 4.21. The fourth-order valence-electron chi connectivity index (χ4n) is 4.00. The second kappa shape index (κ2) is 10.1. The first kappa shape index (κ1) is 24.2. The molecule has 0 atom stereocenters. The monoisotopic (exact) mass is 506 g/mol. The van der Waals surface area contributed by atoms with Crippen LogP contribution in [0.4, 0.5) is 11.4 Å². The van der Waals surface area contributed by atoms with Crippen molar-refractivity contribution in [3.63, 3.8) is 0 Å². The van der Waals surface area contributed by atoms with E-state index in [-0.39, 0.29) is 31.4 Å². The van der Waals surface area contributed by atoms with Crippen molar-refractivity contribution in [2.75, 3.05) is 16.3 Å². The number of aromatic amines is 1. The number of carbonyl (C=O) groups excluding carboxylic acids is 3. The highest BCUT2D eigenvalue weighted by molar-refractivity contribution is 6.52. The van der Waals surface area contributed by atoms with Gasteiger partial charge in [-0.25, -0.2) is 4.98 Å². The Morgan fingerprint density at radius 3 is 2.49 bits per heavy atom. The van der Waals surface area contributed by atoms with E-state index < -0.39 is 11.7 Å². The van der Waals surface area contributed by atoms with Gasteiger partial charge in [-0.1, -0.05) is 48.0 Å². The molecule has 0 saturated heterocycles. The highest BCUT2D eigenvalue weighted by atomic mass is 35.5. The zero-order valence-electron chi connectivity index (χ0n) is 18.3. The predicted octanol–water partition coefficient (Wildman–Crippen LogP) is 4.91. The van der Waals surface area contributed by atoms with Crippen LogP contribution in [0.1, 0.15) is 15.9 Å². The summed E-state index contributed by atoms with van der Waals surface area (Å²) in [7, 11) is 0. The summed E-state index contributed by atoms with van der Waals surface area (Å²) in [6.45, 7) is -0.0119. The molecule has 0 aliphatic carbocycles. The minimum Gasteiger partial charge on any atom is -0.351 e. The lowest BCUT2D eigenvalue weighted by Gasteiger charge is -2.26. The third-order valence-corrected chi connectivity index (χ3v) is 5.91. The molecule has 4 aromatic rings. The van der Waals surface area contributed by atoms with Crippen LogP contribution in [0, 0.1) is 0 Å². The van der Waals surface area contributed by atoms with Crippen molar-refractivity contribution in [1.29, 1.82) is 0 Å². The van der Waals surface area contributed by atoms with Crippen molar-refractivity contribution in [2.45, 2.75) is 6.54 Å². The molecule has 0 unspecified atom stereocenters. The van der Waals surface area contributed by atoms with Gasteiger partial charge >= 0.3 is 0 Å². The fraction of sp³-hybridized carbons (Fsp3) is 0.0769. The molecule has 5 rings (SSSR count). The van der Waals surface area contributed by atoms with Crippen LogP contribution in [0.2, 0.25) is 5.02 Å². The molecule has 0 radical (unpaired) electrons. The highest BCUT2D eigenvalue weighted by Gasteiger charge is 2.37. The van der Waals surface area contributed by atoms with Crippen molar-refractivity contribution in [2.24, 2.45) is 0 Å². The maximum Gasteiger partial charge on any atom is 0.299 e. The van der Waals surface area contributed by atoms with Gasteiger partial charge in [0.15, 0.2) is 0 Å². The summed E-state index contributed by atoms with van der Waals surface area (Å²) in [5.41, 5.74) is 3.93. The number of aromatic nitrogens is 2. The molecule has 1 aliphatic rings. The number of H-pyrrole nitrogens is 1. The minimum atomic E-state index is -0.703. The molecule has 2 amide bonds. The van der Waals surface area contributed by atoms with Crippen molar-refractivity contribution in [3.8, 4) is 11.3 Å². The van der Waals surface area contributed by atoms with Crippen LogP contribution in [0.5, 0.6) is 0 Å². The summed E-state index contributed by atoms with van der Waals surface area (Å²) in [6.07, 6.45) is 3.39. The van der Waals surface area contributed by atoms with Crippen LogP contribution in [-0.4, -0.2) is 34.1 Å². The van der Waals surface area contributed by atoms with Gasteiger partial charge in [0.05, 0.1) is 29.8 Å². The smallest absolute Gasteiger partial charge is 0.299 e. The van der Waals surface area contributed by atoms with Crippen molar-refractivity contribution < 1.29 is 14.4 Å². The number of Topliss-reactive ketones (excluding diaryl/α,β-unsaturated/α-hetero) is 1. The number of rotatable bonds is 6. The van der Waals surface area contributed by atoms with Gasteiger partial charge in [0.1, 0.15) is 6.54 Å². The lowest BCUT2D eigenvalue weighted by atomic mass is 10.1. The molecular weight excluding hydrogens is 487 g/mol. The van der Waals surface area contributed by atoms with Gasteiger partial charge in [0.2, 0.25) is 5.91 Å². The van der Waals surface area contributed by atoms with Gasteiger partial charge in [0.25, 0.3) is 11.7 Å². The van der Waals surface area contributed by atoms with E-state index in [4.69, 9.17) is 11.6 Å². The number of nitrogens with zero attached hydrogens (tertiary/aromatic N) is 3. The van der Waals surface area contributed by atoms with Gasteiger partial charge in [-0.05, 0) is 42.0 Å². The molecule has 0 spiro atoms. The number of fused-ring (bicyclic) bond motifs is 1. The number of carbonyl (C=O) groups is 3. The van der Waals surface area contributed by atoms with Crippen molar-refractivity contribution >= 4 is 53.0 Å². The molecule has 9 heteroatoms. The molecule has 2 heterocycles. The molecule has 1 aliphatic heterocycles. The summed E-state index contributed by atoms with van der Waals surface area (Å²) >= 11 is 6.16. The number of amides is 2. The zero-order chi connectivity index (χ0) is 23.7. The Bertz CT molecular complexity index is 1390. The normalized spacial score (nSPS) is 12.3. The third-order valence-electron chi connectivity index (χ3n) is 5.68. The molecule has 1 aromatic heterocycles. The Kier molecular flexibility index (Phi) is 7.00. The third kappa shape index (κ3) is 4.82. The van der Waals surface area contributed by atoms with Crippen molar-refractivity contribution in [1.82, 2.24) is 9.97 Å². The summed E-state index contributed by atoms with van der Waals surface area (Å²) in [5.74, 6) is -1.63. The molecule has 0 bridgehead atoms. The molecule has 3 aromatic carbocycles. The van der Waals surface area contributed by atoms with Crippen LogP contribution < -0.4 is 9.80 Å². The van der Waals surface area contributed by atoms with Crippen molar-refractivity contribution in [3.05, 3.63) is 101 Å². The minimum absolute atomic E-state index is 0. The average Bonchev–Trinajstić information content (AvgIpc) is 3.47. The SMILES string of the molecule is Cl.O=C1C(=O)N(CC(=O)N(Cc2cccc(Cl)c2)c2ccc(-c3c[nH]cn3)cc2)c2ccccc21. The van der Waals surface area contributed by atoms with Gasteiger partial charge in [-0.3, -0.25) is 19.3 Å². The topological polar surface area (TPSA) is 86.4 Å². The predicted molar refractivity (Wildman–Crippen MR) is 137 cm³/mol. The van der Waals surface area contributed by atoms with E-state index in [1.54, 1.807) is 53.8 Å². The number of nitrogens with one attached hydrogen (secondary N) is 1. The number of para-hydroxylation sites is 1. The first-order valence-electron chi connectivity index (χ1n) is 10.6. The molecule has 0 fully saturated rings. The van der Waals surface area contributed by atoms with Crippen LogP contribution in [0.25, 0.3) is 11.3 Å². The summed E-state index contributed by atoms with van der Waals surface area (Å²) in [6, 6.07) is 21.4. The number of anilines is 2. The molecule has 0 saturated carbocycles. The van der Waals surface area contributed by atoms with E-state index in [0.717, 1.165) is 16.8 Å². The largest absolute Gasteiger partial charge is 0.351 e. The Hall–Kier alpha value is -3.94. The van der Waals surface area contributed by atoms with E-state index in [9.17, 15) is 14.4 Å². The van der Waals surface area contributed by atoms with Crippen LogP contribution in [-0.2, 0) is 16.1 Å². The maximum atomic E-state index is 13.5. The Balaban J connectivity index is 0.00000289. The van der Waals surface area contributed by atoms with Crippen LogP contribution >= 0.6 is 24.0 Å². The molecular formula is C26H20Cl2N4O3. The van der Waals surface area contributed by atoms with E-state index >= 15 is 0 Å². The lowest BCUT2D eigenvalue weighted by molar-refractivity contribution is -0.120. The number of hydrogen-bond donors (Lipinski definition) is 1. The van der Waals surface area contributed by atoms with Gasteiger partial charge < -0.3 is 9.88 Å². The second-order valence-corrected chi connectivity index (χ2v) is 8.29. The van der Waals surface area contributed by atoms with Crippen LogP contribution in [0.3, 0.4) is 0 Å². The number of hydrogen-bond acceptors (Lipinski definition) is 4. The summed E-state index contributed by atoms with van der Waals surface area (Å²) < 4.78 is 0. The lowest BCUT2D eigenvalue weighted by Crippen LogP contribution is -2.42. The number of ketones is 1. The second-order valence-electron chi connectivity index (χ2n) is 7.85. The molecule has 1 N–H and O–H groups in total. The molecule has 7 nitrogen and oxygen atoms in total. The number of imidazole rings is 1. The average molecular weight is 507 g/mol. The first-order chi connectivity index (χ1) is 16.5. The highest BCUT2D eigenvalue weighted by Crippen LogP contribution is 2.29.